The zero-order valence-corrected chi connectivity index (χ0v) is 12.9. The molecule has 1 aliphatic rings. The smallest absolute Gasteiger partial charge is 0.271 e. The van der Waals surface area contributed by atoms with Gasteiger partial charge < -0.3 is 5.32 Å². The van der Waals surface area contributed by atoms with Gasteiger partial charge >= 0.3 is 0 Å². The lowest BCUT2D eigenvalue weighted by atomic mass is 9.96. The third-order valence-electron chi connectivity index (χ3n) is 4.02. The predicted molar refractivity (Wildman–Crippen MR) is 83.3 cm³/mol. The Hall–Kier alpha value is -1.75. The van der Waals surface area contributed by atoms with Crippen LogP contribution in [0.5, 0.6) is 0 Å². The topological polar surface area (TPSA) is 54.9 Å². The maximum absolute atomic E-state index is 12.4. The summed E-state index contributed by atoms with van der Waals surface area (Å²) >= 11 is 1.71. The van der Waals surface area contributed by atoms with Gasteiger partial charge in [-0.15, -0.1) is 11.3 Å². The molecular weight excluding hydrogens is 282 g/mol. The van der Waals surface area contributed by atoms with E-state index in [1.165, 1.54) is 30.6 Å². The molecule has 3 rings (SSSR count). The van der Waals surface area contributed by atoms with Gasteiger partial charge in [-0.2, -0.15) is 0 Å². The van der Waals surface area contributed by atoms with Gasteiger partial charge in [0.15, 0.2) is 0 Å². The monoisotopic (exact) mass is 301 g/mol. The molecule has 0 aromatic carbocycles. The summed E-state index contributed by atoms with van der Waals surface area (Å²) in [6, 6.07) is 4.25. The number of nitrogens with zero attached hydrogens (tertiary/aromatic N) is 2. The molecule has 1 N–H and O–H groups in total. The van der Waals surface area contributed by atoms with E-state index < -0.39 is 0 Å². The summed E-state index contributed by atoms with van der Waals surface area (Å²) in [5.74, 6) is 0.402. The third-order valence-corrected chi connectivity index (χ3v) is 4.98. The molecular formula is C16H19N3OS. The molecule has 0 saturated heterocycles. The fraction of sp³-hybridized carbons (Fsp3) is 0.438. The zero-order valence-electron chi connectivity index (χ0n) is 12.1. The first-order chi connectivity index (χ1) is 10.2. The van der Waals surface area contributed by atoms with Gasteiger partial charge in [0.25, 0.3) is 5.91 Å². The zero-order chi connectivity index (χ0) is 14.7. The highest BCUT2D eigenvalue weighted by atomic mass is 32.1. The SMILES string of the molecule is Cc1cnc(C(=O)N[C@H](c2cccs2)C2CCCC2)cn1. The van der Waals surface area contributed by atoms with Crippen molar-refractivity contribution in [1.82, 2.24) is 15.3 Å². The Bertz CT molecular complexity index is 588. The number of carbonyl (C=O) groups is 1. The number of thiophene rings is 1. The number of aryl methyl sites for hydroxylation is 1. The third kappa shape index (κ3) is 3.29. The normalized spacial score (nSPS) is 16.8. The molecule has 21 heavy (non-hydrogen) atoms. The number of hydrogen-bond acceptors (Lipinski definition) is 4. The number of amides is 1. The van der Waals surface area contributed by atoms with Crippen molar-refractivity contribution in [3.63, 3.8) is 0 Å². The van der Waals surface area contributed by atoms with Crippen LogP contribution in [0.15, 0.2) is 29.9 Å². The Balaban J connectivity index is 1.77. The van der Waals surface area contributed by atoms with Crippen molar-refractivity contribution in [3.05, 3.63) is 46.2 Å². The quantitative estimate of drug-likeness (QED) is 0.940. The molecule has 0 spiro atoms. The molecule has 0 aliphatic heterocycles. The Labute approximate surface area is 128 Å². The van der Waals surface area contributed by atoms with E-state index in [4.69, 9.17) is 0 Å². The summed E-state index contributed by atoms with van der Waals surface area (Å²) in [5.41, 5.74) is 1.21. The van der Waals surface area contributed by atoms with Gasteiger partial charge in [-0.25, -0.2) is 4.98 Å². The second-order valence-corrected chi connectivity index (χ2v) is 6.53. The average Bonchev–Trinajstić information content (AvgIpc) is 3.19. The lowest BCUT2D eigenvalue weighted by Crippen LogP contribution is -2.32. The van der Waals surface area contributed by atoms with E-state index in [-0.39, 0.29) is 11.9 Å². The van der Waals surface area contributed by atoms with Gasteiger partial charge in [0.1, 0.15) is 5.69 Å². The first-order valence-electron chi connectivity index (χ1n) is 7.37. The van der Waals surface area contributed by atoms with Gasteiger partial charge in [0, 0.05) is 11.1 Å². The van der Waals surface area contributed by atoms with Crippen LogP contribution in [0.2, 0.25) is 0 Å². The Morgan fingerprint density at radius 3 is 2.76 bits per heavy atom. The summed E-state index contributed by atoms with van der Waals surface area (Å²) in [7, 11) is 0. The molecule has 0 bridgehead atoms. The minimum absolute atomic E-state index is 0.100. The molecule has 1 atom stereocenters. The predicted octanol–water partition coefficient (Wildman–Crippen LogP) is 3.51. The molecule has 1 aliphatic carbocycles. The molecule has 5 heteroatoms. The van der Waals surface area contributed by atoms with Crippen molar-refractivity contribution in [1.29, 1.82) is 0 Å². The lowest BCUT2D eigenvalue weighted by Gasteiger charge is -2.23. The number of aromatic nitrogens is 2. The molecule has 2 heterocycles. The van der Waals surface area contributed by atoms with Crippen LogP contribution in [0.4, 0.5) is 0 Å². The van der Waals surface area contributed by atoms with Crippen LogP contribution in [0.25, 0.3) is 0 Å². The van der Waals surface area contributed by atoms with Gasteiger partial charge in [-0.1, -0.05) is 18.9 Å². The van der Waals surface area contributed by atoms with Crippen LogP contribution in [0.1, 0.15) is 52.8 Å². The van der Waals surface area contributed by atoms with E-state index >= 15 is 0 Å². The standard InChI is InChI=1S/C16H19N3OS/c1-11-9-18-13(10-17-11)16(20)19-15(12-5-2-3-6-12)14-7-4-8-21-14/h4,7-10,12,15H,2-3,5-6H2,1H3,(H,19,20)/t15-/m0/s1. The summed E-state index contributed by atoms with van der Waals surface area (Å²) in [6.07, 6.45) is 8.06. The van der Waals surface area contributed by atoms with E-state index in [1.807, 2.05) is 13.0 Å². The number of hydrogen-bond donors (Lipinski definition) is 1. The van der Waals surface area contributed by atoms with Gasteiger partial charge in [0.2, 0.25) is 0 Å². The van der Waals surface area contributed by atoms with Gasteiger partial charge in [0.05, 0.1) is 17.9 Å². The van der Waals surface area contributed by atoms with E-state index in [1.54, 1.807) is 23.7 Å². The second kappa shape index (κ2) is 6.35. The Morgan fingerprint density at radius 1 is 1.33 bits per heavy atom. The summed E-state index contributed by atoms with van der Waals surface area (Å²) in [5, 5.41) is 5.23. The van der Waals surface area contributed by atoms with Crippen molar-refractivity contribution in [2.75, 3.05) is 0 Å². The first-order valence-corrected chi connectivity index (χ1v) is 8.25. The fourth-order valence-electron chi connectivity index (χ4n) is 2.91. The molecule has 1 amide bonds. The molecule has 2 aromatic heterocycles. The highest BCUT2D eigenvalue weighted by Crippen LogP contribution is 2.37. The van der Waals surface area contributed by atoms with Crippen LogP contribution in [-0.2, 0) is 0 Å². The van der Waals surface area contributed by atoms with Crippen LogP contribution in [0, 0.1) is 12.8 Å². The van der Waals surface area contributed by atoms with Crippen molar-refractivity contribution in [2.24, 2.45) is 5.92 Å². The molecule has 1 saturated carbocycles. The Kier molecular flexibility index (Phi) is 4.29. The van der Waals surface area contributed by atoms with Crippen LogP contribution < -0.4 is 5.32 Å². The van der Waals surface area contributed by atoms with Crippen LogP contribution in [-0.4, -0.2) is 15.9 Å². The molecule has 4 nitrogen and oxygen atoms in total. The van der Waals surface area contributed by atoms with Gasteiger partial charge in [-0.05, 0) is 37.1 Å². The number of rotatable bonds is 4. The molecule has 1 fully saturated rings. The molecule has 0 radical (unpaired) electrons. The first kappa shape index (κ1) is 14.2. The lowest BCUT2D eigenvalue weighted by molar-refractivity contribution is 0.0917. The second-order valence-electron chi connectivity index (χ2n) is 5.55. The minimum Gasteiger partial charge on any atom is -0.343 e. The molecule has 2 aromatic rings. The van der Waals surface area contributed by atoms with Crippen molar-refractivity contribution < 1.29 is 4.79 Å². The van der Waals surface area contributed by atoms with Gasteiger partial charge in [-0.3, -0.25) is 9.78 Å². The van der Waals surface area contributed by atoms with Crippen molar-refractivity contribution in [3.8, 4) is 0 Å². The highest BCUT2D eigenvalue weighted by Gasteiger charge is 2.28. The summed E-state index contributed by atoms with van der Waals surface area (Å²) < 4.78 is 0. The van der Waals surface area contributed by atoms with E-state index in [2.05, 4.69) is 26.7 Å². The largest absolute Gasteiger partial charge is 0.343 e. The van der Waals surface area contributed by atoms with Crippen LogP contribution in [0.3, 0.4) is 0 Å². The average molecular weight is 301 g/mol. The number of carbonyl (C=O) groups excluding carboxylic acids is 1. The van der Waals surface area contributed by atoms with Crippen LogP contribution >= 0.6 is 11.3 Å². The molecule has 0 unspecified atom stereocenters. The summed E-state index contributed by atoms with van der Waals surface area (Å²) in [4.78, 5) is 22.0. The van der Waals surface area contributed by atoms with Crippen molar-refractivity contribution >= 4 is 17.2 Å². The molecule has 110 valence electrons. The number of nitrogens with one attached hydrogen (secondary N) is 1. The highest BCUT2D eigenvalue weighted by molar-refractivity contribution is 7.10. The summed E-state index contributed by atoms with van der Waals surface area (Å²) in [6.45, 7) is 1.86. The van der Waals surface area contributed by atoms with E-state index in [9.17, 15) is 4.79 Å². The maximum atomic E-state index is 12.4. The van der Waals surface area contributed by atoms with Crippen molar-refractivity contribution in [2.45, 2.75) is 38.6 Å². The fourth-order valence-corrected chi connectivity index (χ4v) is 3.77. The van der Waals surface area contributed by atoms with E-state index in [0.29, 0.717) is 11.6 Å². The van der Waals surface area contributed by atoms with E-state index in [0.717, 1.165) is 5.69 Å². The Morgan fingerprint density at radius 2 is 2.14 bits per heavy atom. The maximum Gasteiger partial charge on any atom is 0.271 e. The minimum atomic E-state index is -0.132.